The van der Waals surface area contributed by atoms with Gasteiger partial charge in [-0.05, 0) is 43.9 Å². The van der Waals surface area contributed by atoms with Gasteiger partial charge in [0, 0.05) is 37.2 Å². The van der Waals surface area contributed by atoms with Gasteiger partial charge in [-0.3, -0.25) is 24.5 Å². The Bertz CT molecular complexity index is 949. The zero-order valence-electron chi connectivity index (χ0n) is 19.3. The molecule has 0 bridgehead atoms. The van der Waals surface area contributed by atoms with E-state index in [1.54, 1.807) is 29.2 Å². The van der Waals surface area contributed by atoms with Crippen LogP contribution in [0.1, 0.15) is 68.1 Å². The fraction of sp³-hybridized carbons (Fsp3) is 0.542. The number of primary amides is 1. The Kier molecular flexibility index (Phi) is 8.61. The van der Waals surface area contributed by atoms with Crippen molar-refractivity contribution in [1.82, 2.24) is 10.2 Å². The second kappa shape index (κ2) is 11.6. The number of nitrogens with two attached hydrogens (primary N) is 1. The lowest BCUT2D eigenvalue weighted by Crippen LogP contribution is -2.50. The number of piperidine rings is 1. The number of hydrogen-bond acceptors (Lipinski definition) is 6. The second-order valence-electron chi connectivity index (χ2n) is 8.95. The van der Waals surface area contributed by atoms with Crippen LogP contribution >= 0.6 is 0 Å². The van der Waals surface area contributed by atoms with E-state index in [1.165, 1.54) is 0 Å². The largest absolute Gasteiger partial charge is 0.450 e. The van der Waals surface area contributed by atoms with Crippen molar-refractivity contribution in [3.8, 4) is 0 Å². The third kappa shape index (κ3) is 6.79. The molecule has 2 aliphatic rings. The summed E-state index contributed by atoms with van der Waals surface area (Å²) in [6.07, 6.45) is 5.10. The van der Waals surface area contributed by atoms with E-state index < -0.39 is 11.5 Å². The summed E-state index contributed by atoms with van der Waals surface area (Å²) >= 11 is 0. The summed E-state index contributed by atoms with van der Waals surface area (Å²) < 4.78 is 4.67. The summed E-state index contributed by atoms with van der Waals surface area (Å²) in [5, 5.41) is 5.23. The van der Waals surface area contributed by atoms with Crippen LogP contribution in [0.25, 0.3) is 0 Å². The zero-order chi connectivity index (χ0) is 24.6. The highest BCUT2D eigenvalue weighted by Gasteiger charge is 2.48. The molecule has 0 radical (unpaired) electrons. The highest BCUT2D eigenvalue weighted by Crippen LogP contribution is 2.38. The quantitative estimate of drug-likeness (QED) is 0.352. The van der Waals surface area contributed by atoms with Crippen LogP contribution in [0.3, 0.4) is 0 Å². The molecule has 0 aromatic heterocycles. The number of likely N-dealkylation sites (tertiary alicyclic amines) is 1. The van der Waals surface area contributed by atoms with Crippen LogP contribution in [0.15, 0.2) is 24.3 Å². The summed E-state index contributed by atoms with van der Waals surface area (Å²) in [6.45, 7) is 1.05. The molecule has 1 spiro atoms. The molecule has 1 aromatic rings. The first-order valence-electron chi connectivity index (χ1n) is 11.7. The van der Waals surface area contributed by atoms with Crippen LogP contribution < -0.4 is 16.4 Å². The Morgan fingerprint density at radius 1 is 1.09 bits per heavy atom. The minimum atomic E-state index is -0.763. The predicted octanol–water partition coefficient (Wildman–Crippen LogP) is 2.33. The maximum atomic E-state index is 13.0. The Hall–Kier alpha value is -3.43. The number of nitrogens with zero attached hydrogens (tertiary/aromatic N) is 1. The number of benzene rings is 1. The first-order valence-corrected chi connectivity index (χ1v) is 11.7. The predicted molar refractivity (Wildman–Crippen MR) is 124 cm³/mol. The standard InChI is InChI=1S/C24H32N4O6/c25-23(33)34-14-5-3-1-2-4-9-19(29)26-18-8-6-7-17(15-18)21(31)28-13-12-24(16-28)11-10-20(30)27-22(24)32/h6-8,15H,1-5,9-14,16H2,(H2,25,33)(H,26,29)(H,27,30,32). The molecule has 184 valence electrons. The normalized spacial score (nSPS) is 19.7. The van der Waals surface area contributed by atoms with E-state index in [2.05, 4.69) is 15.4 Å². The number of unbranched alkanes of at least 4 members (excludes halogenated alkanes) is 4. The Labute approximate surface area is 198 Å². The van der Waals surface area contributed by atoms with Gasteiger partial charge in [0.25, 0.3) is 5.91 Å². The fourth-order valence-electron chi connectivity index (χ4n) is 4.45. The number of nitrogens with one attached hydrogen (secondary N) is 2. The average Bonchev–Trinajstić information content (AvgIpc) is 3.23. The molecule has 1 unspecified atom stereocenters. The average molecular weight is 473 g/mol. The van der Waals surface area contributed by atoms with Crippen LogP contribution in [0.5, 0.6) is 0 Å². The molecule has 0 aliphatic carbocycles. The topological polar surface area (TPSA) is 148 Å². The SMILES string of the molecule is NC(=O)OCCCCCCCC(=O)Nc1cccc(C(=O)N2CCC3(CCC(=O)NC3=O)C2)c1. The van der Waals surface area contributed by atoms with E-state index in [1.807, 2.05) is 0 Å². The first kappa shape index (κ1) is 25.2. The molecule has 0 saturated carbocycles. The van der Waals surface area contributed by atoms with Gasteiger partial charge in [0.1, 0.15) is 0 Å². The molecule has 2 saturated heterocycles. The lowest BCUT2D eigenvalue weighted by molar-refractivity contribution is -0.141. The van der Waals surface area contributed by atoms with Gasteiger partial charge in [-0.2, -0.15) is 0 Å². The van der Waals surface area contributed by atoms with Crippen LogP contribution in [0, 0.1) is 5.41 Å². The second-order valence-corrected chi connectivity index (χ2v) is 8.95. The Balaban J connectivity index is 1.42. The highest BCUT2D eigenvalue weighted by molar-refractivity contribution is 6.02. The minimum absolute atomic E-state index is 0.120. The lowest BCUT2D eigenvalue weighted by atomic mass is 9.79. The van der Waals surface area contributed by atoms with Gasteiger partial charge in [-0.1, -0.05) is 25.3 Å². The van der Waals surface area contributed by atoms with Crippen LogP contribution in [0.4, 0.5) is 10.5 Å². The van der Waals surface area contributed by atoms with E-state index in [0.29, 0.717) is 50.1 Å². The molecule has 2 heterocycles. The fourth-order valence-corrected chi connectivity index (χ4v) is 4.45. The van der Waals surface area contributed by atoms with Crippen LogP contribution in [-0.2, 0) is 19.1 Å². The molecule has 34 heavy (non-hydrogen) atoms. The molecule has 10 nitrogen and oxygen atoms in total. The summed E-state index contributed by atoms with van der Waals surface area (Å²) in [6, 6.07) is 6.79. The van der Waals surface area contributed by atoms with Crippen molar-refractivity contribution >= 4 is 35.4 Å². The molecule has 1 atom stereocenters. The van der Waals surface area contributed by atoms with E-state index in [0.717, 1.165) is 32.1 Å². The van der Waals surface area contributed by atoms with Crippen molar-refractivity contribution < 1.29 is 28.7 Å². The van der Waals surface area contributed by atoms with E-state index >= 15 is 0 Å². The van der Waals surface area contributed by atoms with E-state index in [9.17, 15) is 24.0 Å². The van der Waals surface area contributed by atoms with Gasteiger partial charge in [-0.25, -0.2) is 4.79 Å². The first-order chi connectivity index (χ1) is 16.3. The Morgan fingerprint density at radius 2 is 1.85 bits per heavy atom. The van der Waals surface area contributed by atoms with Gasteiger partial charge < -0.3 is 20.7 Å². The van der Waals surface area contributed by atoms with Gasteiger partial charge in [0.05, 0.1) is 12.0 Å². The number of amides is 5. The number of rotatable bonds is 10. The lowest BCUT2D eigenvalue weighted by Gasteiger charge is -2.31. The van der Waals surface area contributed by atoms with Crippen molar-refractivity contribution in [2.24, 2.45) is 11.1 Å². The molecular weight excluding hydrogens is 440 g/mol. The highest BCUT2D eigenvalue weighted by atomic mass is 16.5. The maximum Gasteiger partial charge on any atom is 0.404 e. The summed E-state index contributed by atoms with van der Waals surface area (Å²) in [7, 11) is 0. The molecule has 10 heteroatoms. The third-order valence-corrected chi connectivity index (χ3v) is 6.39. The smallest absolute Gasteiger partial charge is 0.404 e. The number of carbonyl (C=O) groups excluding carboxylic acids is 5. The molecule has 3 rings (SSSR count). The van der Waals surface area contributed by atoms with Crippen molar-refractivity contribution in [2.45, 2.75) is 57.8 Å². The van der Waals surface area contributed by atoms with Gasteiger partial charge >= 0.3 is 6.09 Å². The molecule has 5 amide bonds. The summed E-state index contributed by atoms with van der Waals surface area (Å²) in [5.74, 6) is -0.874. The van der Waals surface area contributed by atoms with Crippen LogP contribution in [-0.4, -0.2) is 54.3 Å². The van der Waals surface area contributed by atoms with Gasteiger partial charge in [0.2, 0.25) is 17.7 Å². The zero-order valence-corrected chi connectivity index (χ0v) is 19.3. The van der Waals surface area contributed by atoms with Crippen LogP contribution in [0.2, 0.25) is 0 Å². The molecular formula is C24H32N4O6. The number of ether oxygens (including phenoxy) is 1. The number of anilines is 1. The molecule has 2 aliphatic heterocycles. The van der Waals surface area contributed by atoms with Crippen molar-refractivity contribution in [1.29, 1.82) is 0 Å². The van der Waals surface area contributed by atoms with Crippen molar-refractivity contribution in [2.75, 3.05) is 25.0 Å². The summed E-state index contributed by atoms with van der Waals surface area (Å²) in [4.78, 5) is 61.3. The molecule has 2 fully saturated rings. The minimum Gasteiger partial charge on any atom is -0.450 e. The van der Waals surface area contributed by atoms with Crippen molar-refractivity contribution in [3.63, 3.8) is 0 Å². The molecule has 1 aromatic carbocycles. The molecule has 4 N–H and O–H groups in total. The number of carbonyl (C=O) groups is 5. The Morgan fingerprint density at radius 3 is 2.62 bits per heavy atom. The monoisotopic (exact) mass is 472 g/mol. The van der Waals surface area contributed by atoms with Gasteiger partial charge in [0.15, 0.2) is 0 Å². The maximum absolute atomic E-state index is 13.0. The number of imide groups is 1. The van der Waals surface area contributed by atoms with Gasteiger partial charge in [-0.15, -0.1) is 0 Å². The number of hydrogen-bond donors (Lipinski definition) is 3. The summed E-state index contributed by atoms with van der Waals surface area (Å²) in [5.41, 5.74) is 5.20. The third-order valence-electron chi connectivity index (χ3n) is 6.39. The van der Waals surface area contributed by atoms with E-state index in [4.69, 9.17) is 5.73 Å². The van der Waals surface area contributed by atoms with E-state index in [-0.39, 0.29) is 30.2 Å². The van der Waals surface area contributed by atoms with Crippen molar-refractivity contribution in [3.05, 3.63) is 29.8 Å².